The van der Waals surface area contributed by atoms with Crippen molar-refractivity contribution in [3.05, 3.63) is 59.7 Å². The second kappa shape index (κ2) is 7.82. The maximum atomic E-state index is 12.7. The van der Waals surface area contributed by atoms with Crippen LogP contribution in [0, 0.1) is 0 Å². The lowest BCUT2D eigenvalue weighted by Gasteiger charge is -2.22. The van der Waals surface area contributed by atoms with Crippen molar-refractivity contribution in [2.24, 2.45) is 0 Å². The van der Waals surface area contributed by atoms with Gasteiger partial charge < -0.3 is 10.1 Å². The molecule has 1 saturated heterocycles. The lowest BCUT2D eigenvalue weighted by molar-refractivity contribution is 0.102. The summed E-state index contributed by atoms with van der Waals surface area (Å²) in [7, 11) is 0. The summed E-state index contributed by atoms with van der Waals surface area (Å²) in [4.78, 5) is 26.1. The van der Waals surface area contributed by atoms with Crippen molar-refractivity contribution in [3.63, 3.8) is 0 Å². The Labute approximate surface area is 159 Å². The van der Waals surface area contributed by atoms with E-state index >= 15 is 0 Å². The highest BCUT2D eigenvalue weighted by Gasteiger charge is 2.26. The van der Waals surface area contributed by atoms with Crippen LogP contribution in [0.3, 0.4) is 0 Å². The number of benzene rings is 2. The van der Waals surface area contributed by atoms with Crippen LogP contribution in [0.4, 0.5) is 16.2 Å². The molecule has 0 aromatic heterocycles. The Kier molecular flexibility index (Phi) is 5.10. The Morgan fingerprint density at radius 1 is 1.00 bits per heavy atom. The molecule has 0 spiro atoms. The van der Waals surface area contributed by atoms with Gasteiger partial charge in [-0.15, -0.1) is 0 Å². The van der Waals surface area contributed by atoms with Gasteiger partial charge in [0.05, 0.1) is 17.9 Å². The van der Waals surface area contributed by atoms with Crippen LogP contribution in [-0.2, 0) is 4.74 Å². The van der Waals surface area contributed by atoms with Gasteiger partial charge in [0.15, 0.2) is 0 Å². The second-order valence-electron chi connectivity index (χ2n) is 7.19. The predicted molar refractivity (Wildman–Crippen MR) is 105 cm³/mol. The minimum absolute atomic E-state index is 0.176. The summed E-state index contributed by atoms with van der Waals surface area (Å²) in [5.74, 6) is 0.447. The van der Waals surface area contributed by atoms with Crippen molar-refractivity contribution in [3.8, 4) is 0 Å². The SMILES string of the molecule is O=C(Nc1ccccc1N1CCOC1=O)c1ccc(C2CCCCC2)cc1. The summed E-state index contributed by atoms with van der Waals surface area (Å²) in [5.41, 5.74) is 3.21. The molecule has 4 rings (SSSR count). The first kappa shape index (κ1) is 17.6. The second-order valence-corrected chi connectivity index (χ2v) is 7.19. The number of carbonyl (C=O) groups excluding carboxylic acids is 2. The summed E-state index contributed by atoms with van der Waals surface area (Å²) < 4.78 is 5.01. The fourth-order valence-electron chi connectivity index (χ4n) is 3.96. The quantitative estimate of drug-likeness (QED) is 0.836. The topological polar surface area (TPSA) is 58.6 Å². The van der Waals surface area contributed by atoms with Crippen LogP contribution in [0.5, 0.6) is 0 Å². The molecule has 1 aliphatic heterocycles. The average Bonchev–Trinajstić information content (AvgIpc) is 3.15. The van der Waals surface area contributed by atoms with E-state index in [0.717, 1.165) is 0 Å². The highest BCUT2D eigenvalue weighted by Crippen LogP contribution is 2.33. The number of amides is 2. The molecule has 27 heavy (non-hydrogen) atoms. The minimum atomic E-state index is -0.381. The van der Waals surface area contributed by atoms with E-state index in [0.29, 0.717) is 36.0 Å². The van der Waals surface area contributed by atoms with E-state index in [1.807, 2.05) is 30.3 Å². The van der Waals surface area contributed by atoms with Crippen LogP contribution in [-0.4, -0.2) is 25.2 Å². The monoisotopic (exact) mass is 364 g/mol. The Hall–Kier alpha value is -2.82. The van der Waals surface area contributed by atoms with E-state index in [9.17, 15) is 9.59 Å². The lowest BCUT2D eigenvalue weighted by Crippen LogP contribution is -2.25. The highest BCUT2D eigenvalue weighted by atomic mass is 16.6. The van der Waals surface area contributed by atoms with Gasteiger partial charge >= 0.3 is 6.09 Å². The summed E-state index contributed by atoms with van der Waals surface area (Å²) >= 11 is 0. The van der Waals surface area contributed by atoms with Crippen LogP contribution >= 0.6 is 0 Å². The van der Waals surface area contributed by atoms with E-state index in [1.165, 1.54) is 37.7 Å². The van der Waals surface area contributed by atoms with Crippen LogP contribution in [0.1, 0.15) is 53.9 Å². The Morgan fingerprint density at radius 3 is 2.44 bits per heavy atom. The maximum Gasteiger partial charge on any atom is 0.414 e. The smallest absolute Gasteiger partial charge is 0.414 e. The number of rotatable bonds is 4. The Bertz CT molecular complexity index is 826. The molecule has 1 aliphatic carbocycles. The van der Waals surface area contributed by atoms with E-state index in [1.54, 1.807) is 11.0 Å². The van der Waals surface area contributed by atoms with Gasteiger partial charge in [-0.25, -0.2) is 4.79 Å². The number of nitrogens with zero attached hydrogens (tertiary/aromatic N) is 1. The van der Waals surface area contributed by atoms with Gasteiger partial charge in [-0.3, -0.25) is 9.69 Å². The molecule has 0 radical (unpaired) electrons. The molecule has 0 bridgehead atoms. The maximum absolute atomic E-state index is 12.7. The molecule has 2 fully saturated rings. The number of cyclic esters (lactones) is 1. The van der Waals surface area contributed by atoms with Gasteiger partial charge in [-0.05, 0) is 48.6 Å². The van der Waals surface area contributed by atoms with E-state index in [-0.39, 0.29) is 12.0 Å². The number of para-hydroxylation sites is 2. The number of anilines is 2. The Balaban J connectivity index is 1.49. The molecule has 5 nitrogen and oxygen atoms in total. The predicted octanol–water partition coefficient (Wildman–Crippen LogP) is 4.94. The standard InChI is InChI=1S/C22H24N2O3/c25-21(18-12-10-17(11-13-18)16-6-2-1-3-7-16)23-19-8-4-5-9-20(19)24-14-15-27-22(24)26/h4-5,8-13,16H,1-3,6-7,14-15H2,(H,23,25). The molecular weight excluding hydrogens is 340 g/mol. The summed E-state index contributed by atoms with van der Waals surface area (Å²) in [6.45, 7) is 0.853. The minimum Gasteiger partial charge on any atom is -0.447 e. The number of hydrogen-bond acceptors (Lipinski definition) is 3. The average molecular weight is 364 g/mol. The molecule has 5 heteroatoms. The highest BCUT2D eigenvalue weighted by molar-refractivity contribution is 6.07. The molecule has 1 N–H and O–H groups in total. The zero-order valence-corrected chi connectivity index (χ0v) is 15.3. The molecule has 0 unspecified atom stereocenters. The molecule has 2 aromatic rings. The number of ether oxygens (including phenoxy) is 1. The molecule has 2 aliphatic rings. The molecular formula is C22H24N2O3. The molecule has 1 saturated carbocycles. The largest absolute Gasteiger partial charge is 0.447 e. The van der Waals surface area contributed by atoms with Crippen molar-refractivity contribution in [2.75, 3.05) is 23.4 Å². The number of nitrogens with one attached hydrogen (secondary N) is 1. The first-order valence-corrected chi connectivity index (χ1v) is 9.67. The summed E-state index contributed by atoms with van der Waals surface area (Å²) in [6.07, 6.45) is 6.02. The van der Waals surface area contributed by atoms with Gasteiger partial charge in [-0.2, -0.15) is 0 Å². The van der Waals surface area contributed by atoms with E-state index in [4.69, 9.17) is 4.74 Å². The normalized spacial score (nSPS) is 17.6. The van der Waals surface area contributed by atoms with E-state index in [2.05, 4.69) is 17.4 Å². The zero-order valence-electron chi connectivity index (χ0n) is 15.3. The van der Waals surface area contributed by atoms with Gasteiger partial charge in [0.2, 0.25) is 0 Å². The van der Waals surface area contributed by atoms with Crippen LogP contribution in [0.15, 0.2) is 48.5 Å². The zero-order chi connectivity index (χ0) is 18.6. The van der Waals surface area contributed by atoms with Crippen molar-refractivity contribution in [1.82, 2.24) is 0 Å². The first-order chi connectivity index (χ1) is 13.2. The first-order valence-electron chi connectivity index (χ1n) is 9.67. The van der Waals surface area contributed by atoms with Crippen LogP contribution < -0.4 is 10.2 Å². The van der Waals surface area contributed by atoms with Crippen molar-refractivity contribution in [2.45, 2.75) is 38.0 Å². The number of hydrogen-bond donors (Lipinski definition) is 1. The van der Waals surface area contributed by atoms with Crippen molar-refractivity contribution < 1.29 is 14.3 Å². The lowest BCUT2D eigenvalue weighted by atomic mass is 9.84. The molecule has 140 valence electrons. The molecule has 1 heterocycles. The van der Waals surface area contributed by atoms with Gasteiger partial charge in [-0.1, -0.05) is 43.5 Å². The third kappa shape index (κ3) is 3.82. The van der Waals surface area contributed by atoms with Crippen molar-refractivity contribution in [1.29, 1.82) is 0 Å². The fourth-order valence-corrected chi connectivity index (χ4v) is 3.96. The molecule has 2 aromatic carbocycles. The van der Waals surface area contributed by atoms with Crippen LogP contribution in [0.2, 0.25) is 0 Å². The van der Waals surface area contributed by atoms with Gasteiger partial charge in [0, 0.05) is 5.56 Å². The third-order valence-electron chi connectivity index (χ3n) is 5.45. The van der Waals surface area contributed by atoms with Crippen LogP contribution in [0.25, 0.3) is 0 Å². The van der Waals surface area contributed by atoms with Gasteiger partial charge in [0.1, 0.15) is 6.61 Å². The van der Waals surface area contributed by atoms with E-state index < -0.39 is 0 Å². The molecule has 0 atom stereocenters. The molecule has 2 amide bonds. The van der Waals surface area contributed by atoms with Gasteiger partial charge in [0.25, 0.3) is 5.91 Å². The van der Waals surface area contributed by atoms with Crippen molar-refractivity contribution >= 4 is 23.4 Å². The summed E-state index contributed by atoms with van der Waals surface area (Å²) in [5, 5.41) is 2.93. The summed E-state index contributed by atoms with van der Waals surface area (Å²) in [6, 6.07) is 15.2. The Morgan fingerprint density at radius 2 is 1.74 bits per heavy atom. The fraction of sp³-hybridized carbons (Fsp3) is 0.364. The third-order valence-corrected chi connectivity index (χ3v) is 5.45. The number of carbonyl (C=O) groups is 2.